The molecule has 4 nitrogen and oxygen atoms in total. The summed E-state index contributed by atoms with van der Waals surface area (Å²) in [7, 11) is 0. The summed E-state index contributed by atoms with van der Waals surface area (Å²) in [5.74, 6) is -0.989. The van der Waals surface area contributed by atoms with Gasteiger partial charge in [-0.25, -0.2) is 4.79 Å². The summed E-state index contributed by atoms with van der Waals surface area (Å²) in [6.07, 6.45) is 5.73. The van der Waals surface area contributed by atoms with Gasteiger partial charge >= 0.3 is 5.97 Å². The molecule has 114 valence electrons. The van der Waals surface area contributed by atoms with Gasteiger partial charge in [0.05, 0.1) is 5.56 Å². The van der Waals surface area contributed by atoms with E-state index in [1.165, 1.54) is 19.3 Å². The molecule has 0 unspecified atom stereocenters. The van der Waals surface area contributed by atoms with Gasteiger partial charge in [-0.3, -0.25) is 4.79 Å². The Hall–Kier alpha value is -2.36. The molecule has 2 aromatic rings. The van der Waals surface area contributed by atoms with Crippen LogP contribution in [0.3, 0.4) is 0 Å². The minimum atomic E-state index is -0.944. The zero-order valence-electron chi connectivity index (χ0n) is 12.3. The largest absolute Gasteiger partial charge is 0.478 e. The molecule has 0 bridgehead atoms. The highest BCUT2D eigenvalue weighted by molar-refractivity contribution is 6.00. The van der Waals surface area contributed by atoms with Gasteiger partial charge in [-0.1, -0.05) is 31.4 Å². The van der Waals surface area contributed by atoms with E-state index in [4.69, 9.17) is 5.11 Å². The van der Waals surface area contributed by atoms with Gasteiger partial charge in [0.2, 0.25) is 0 Å². The van der Waals surface area contributed by atoms with Crippen molar-refractivity contribution in [2.75, 3.05) is 0 Å². The van der Waals surface area contributed by atoms with Gasteiger partial charge in [0.15, 0.2) is 0 Å². The number of amides is 1. The maximum atomic E-state index is 12.3. The van der Waals surface area contributed by atoms with E-state index in [1.54, 1.807) is 30.3 Å². The molecule has 0 spiro atoms. The second kappa shape index (κ2) is 6.18. The van der Waals surface area contributed by atoms with Crippen LogP contribution in [0.1, 0.15) is 52.8 Å². The van der Waals surface area contributed by atoms with Crippen LogP contribution >= 0.6 is 0 Å². The summed E-state index contributed by atoms with van der Waals surface area (Å²) in [5, 5.41) is 13.8. The Balaban J connectivity index is 1.80. The fourth-order valence-corrected chi connectivity index (χ4v) is 3.04. The molecule has 0 radical (unpaired) electrons. The summed E-state index contributed by atoms with van der Waals surface area (Å²) >= 11 is 0. The molecular formula is C18H19NO3. The molecule has 22 heavy (non-hydrogen) atoms. The predicted octanol–water partition coefficient (Wildman–Crippen LogP) is 3.60. The van der Waals surface area contributed by atoms with E-state index in [-0.39, 0.29) is 17.5 Å². The third-order valence-corrected chi connectivity index (χ3v) is 4.29. The van der Waals surface area contributed by atoms with Gasteiger partial charge in [-0.05, 0) is 47.9 Å². The molecule has 2 N–H and O–H groups in total. The SMILES string of the molecule is O=C(O)c1ccc2cc(C(=O)NC3CCCCC3)ccc2c1. The topological polar surface area (TPSA) is 66.4 Å². The molecule has 2 aromatic carbocycles. The average molecular weight is 297 g/mol. The van der Waals surface area contributed by atoms with Crippen molar-refractivity contribution in [3.8, 4) is 0 Å². The number of hydrogen-bond donors (Lipinski definition) is 2. The number of carboxylic acid groups (broad SMARTS) is 1. The van der Waals surface area contributed by atoms with Crippen LogP contribution in [0, 0.1) is 0 Å². The van der Waals surface area contributed by atoms with Crippen LogP contribution in [0.15, 0.2) is 36.4 Å². The lowest BCUT2D eigenvalue weighted by molar-refractivity contribution is 0.0696. The zero-order chi connectivity index (χ0) is 15.5. The number of nitrogens with one attached hydrogen (secondary N) is 1. The summed E-state index contributed by atoms with van der Waals surface area (Å²) < 4.78 is 0. The first-order chi connectivity index (χ1) is 10.6. The lowest BCUT2D eigenvalue weighted by atomic mass is 9.95. The number of carbonyl (C=O) groups excluding carboxylic acids is 1. The monoisotopic (exact) mass is 297 g/mol. The number of benzene rings is 2. The van der Waals surface area contributed by atoms with Crippen LogP contribution in [0.5, 0.6) is 0 Å². The van der Waals surface area contributed by atoms with Crippen LogP contribution in [0.4, 0.5) is 0 Å². The third kappa shape index (κ3) is 3.11. The fraction of sp³-hybridized carbons (Fsp3) is 0.333. The molecule has 1 aliphatic carbocycles. The van der Waals surface area contributed by atoms with Gasteiger partial charge in [-0.2, -0.15) is 0 Å². The van der Waals surface area contributed by atoms with E-state index in [0.717, 1.165) is 23.6 Å². The smallest absolute Gasteiger partial charge is 0.335 e. The number of hydrogen-bond acceptors (Lipinski definition) is 2. The maximum Gasteiger partial charge on any atom is 0.335 e. The summed E-state index contributed by atoms with van der Waals surface area (Å²) in [5.41, 5.74) is 0.882. The zero-order valence-corrected chi connectivity index (χ0v) is 12.3. The Morgan fingerprint density at radius 3 is 2.14 bits per heavy atom. The highest BCUT2D eigenvalue weighted by Gasteiger charge is 2.16. The first kappa shape index (κ1) is 14.6. The molecule has 1 amide bonds. The van der Waals surface area contributed by atoms with Gasteiger partial charge in [0.25, 0.3) is 5.91 Å². The number of aromatic carboxylic acids is 1. The Kier molecular flexibility index (Phi) is 4.09. The number of carbonyl (C=O) groups is 2. The summed E-state index contributed by atoms with van der Waals surface area (Å²) in [4.78, 5) is 23.3. The van der Waals surface area contributed by atoms with Gasteiger partial charge in [0.1, 0.15) is 0 Å². The number of fused-ring (bicyclic) bond motifs is 1. The van der Waals surface area contributed by atoms with E-state index in [1.807, 2.05) is 6.07 Å². The lowest BCUT2D eigenvalue weighted by Crippen LogP contribution is -2.36. The highest BCUT2D eigenvalue weighted by atomic mass is 16.4. The molecule has 0 atom stereocenters. The average Bonchev–Trinajstić information content (AvgIpc) is 2.54. The van der Waals surface area contributed by atoms with Crippen molar-refractivity contribution in [3.63, 3.8) is 0 Å². The standard InChI is InChI=1S/C18H19NO3/c20-17(19-16-4-2-1-3-5-16)14-8-6-13-11-15(18(21)22)9-7-12(13)10-14/h6-11,16H,1-5H2,(H,19,20)(H,21,22). The first-order valence-corrected chi connectivity index (χ1v) is 7.71. The second-order valence-corrected chi connectivity index (χ2v) is 5.89. The summed E-state index contributed by atoms with van der Waals surface area (Å²) in [6.45, 7) is 0. The van der Waals surface area contributed by atoms with Gasteiger partial charge < -0.3 is 10.4 Å². The molecular weight excluding hydrogens is 278 g/mol. The van der Waals surface area contributed by atoms with Gasteiger partial charge in [0, 0.05) is 11.6 Å². The van der Waals surface area contributed by atoms with Crippen LogP contribution in [0.25, 0.3) is 10.8 Å². The molecule has 3 rings (SSSR count). The number of carboxylic acids is 1. The van der Waals surface area contributed by atoms with E-state index in [2.05, 4.69) is 5.32 Å². The molecule has 0 aliphatic heterocycles. The van der Waals surface area contributed by atoms with E-state index in [0.29, 0.717) is 5.56 Å². The lowest BCUT2D eigenvalue weighted by Gasteiger charge is -2.22. The molecule has 1 saturated carbocycles. The van der Waals surface area contributed by atoms with Crippen LogP contribution in [-0.4, -0.2) is 23.0 Å². The van der Waals surface area contributed by atoms with Crippen LogP contribution < -0.4 is 5.32 Å². The normalized spacial score (nSPS) is 15.6. The molecule has 0 aromatic heterocycles. The van der Waals surface area contributed by atoms with Crippen molar-refractivity contribution in [1.82, 2.24) is 5.32 Å². The predicted molar refractivity (Wildman–Crippen MR) is 85.2 cm³/mol. The Morgan fingerprint density at radius 1 is 0.909 bits per heavy atom. The molecule has 0 saturated heterocycles. The Labute approximate surface area is 129 Å². The highest BCUT2D eigenvalue weighted by Crippen LogP contribution is 2.20. The minimum absolute atomic E-state index is 0.0453. The van der Waals surface area contributed by atoms with Crippen LogP contribution in [-0.2, 0) is 0 Å². The second-order valence-electron chi connectivity index (χ2n) is 5.89. The maximum absolute atomic E-state index is 12.3. The Bertz CT molecular complexity index is 717. The van der Waals surface area contributed by atoms with Crippen molar-refractivity contribution in [2.45, 2.75) is 38.1 Å². The van der Waals surface area contributed by atoms with Crippen molar-refractivity contribution in [2.24, 2.45) is 0 Å². The fourth-order valence-electron chi connectivity index (χ4n) is 3.04. The molecule has 0 heterocycles. The van der Waals surface area contributed by atoms with E-state index < -0.39 is 5.97 Å². The van der Waals surface area contributed by atoms with Crippen molar-refractivity contribution in [3.05, 3.63) is 47.5 Å². The van der Waals surface area contributed by atoms with Crippen molar-refractivity contribution >= 4 is 22.6 Å². The van der Waals surface area contributed by atoms with Gasteiger partial charge in [-0.15, -0.1) is 0 Å². The minimum Gasteiger partial charge on any atom is -0.478 e. The van der Waals surface area contributed by atoms with E-state index >= 15 is 0 Å². The third-order valence-electron chi connectivity index (χ3n) is 4.29. The summed E-state index contributed by atoms with van der Waals surface area (Å²) in [6, 6.07) is 10.6. The quantitative estimate of drug-likeness (QED) is 0.909. The first-order valence-electron chi connectivity index (χ1n) is 7.71. The number of rotatable bonds is 3. The molecule has 1 aliphatic rings. The van der Waals surface area contributed by atoms with Crippen molar-refractivity contribution in [1.29, 1.82) is 0 Å². The molecule has 1 fully saturated rings. The van der Waals surface area contributed by atoms with Crippen molar-refractivity contribution < 1.29 is 14.7 Å². The molecule has 4 heteroatoms. The van der Waals surface area contributed by atoms with E-state index in [9.17, 15) is 9.59 Å². The van der Waals surface area contributed by atoms with Crippen LogP contribution in [0.2, 0.25) is 0 Å². The Morgan fingerprint density at radius 2 is 1.50 bits per heavy atom.